The number of benzene rings is 2. The summed E-state index contributed by atoms with van der Waals surface area (Å²) < 4.78 is 37.3. The number of furan rings is 1. The fraction of sp³-hybridized carbons (Fsp3) is 0.150. The van der Waals surface area contributed by atoms with E-state index in [1.807, 2.05) is 36.4 Å². The van der Waals surface area contributed by atoms with Crippen molar-refractivity contribution in [3.8, 4) is 11.1 Å². The first-order valence-electron chi connectivity index (χ1n) is 9.16. The summed E-state index contributed by atoms with van der Waals surface area (Å²) in [5, 5.41) is 1.90. The van der Waals surface area contributed by atoms with Gasteiger partial charge in [0, 0.05) is 28.0 Å². The largest absolute Gasteiger partial charge is 0.437 e. The average Bonchev–Trinajstić information content (AvgIpc) is 2.99. The number of aromatic nitrogens is 1. The predicted molar refractivity (Wildman–Crippen MR) is 91.0 cm³/mol. The van der Waals surface area contributed by atoms with Crippen LogP contribution in [0.2, 0.25) is 0 Å². The van der Waals surface area contributed by atoms with Crippen molar-refractivity contribution in [1.82, 2.24) is 4.98 Å². The maximum atomic E-state index is 8.33. The van der Waals surface area contributed by atoms with Crippen LogP contribution in [0.3, 0.4) is 0 Å². The molecule has 22 heavy (non-hydrogen) atoms. The third-order valence-electron chi connectivity index (χ3n) is 3.88. The van der Waals surface area contributed by atoms with Gasteiger partial charge < -0.3 is 4.42 Å². The zero-order chi connectivity index (χ0) is 18.5. The summed E-state index contributed by atoms with van der Waals surface area (Å²) in [7, 11) is 0. The Bertz CT molecular complexity index is 1110. The van der Waals surface area contributed by atoms with Crippen LogP contribution < -0.4 is 0 Å². The summed E-state index contributed by atoms with van der Waals surface area (Å²) in [6.45, 7) is -0.994. The molecule has 0 N–H and O–H groups in total. The Morgan fingerprint density at radius 2 is 1.95 bits per heavy atom. The van der Waals surface area contributed by atoms with Gasteiger partial charge in [-0.3, -0.25) is 0 Å². The predicted octanol–water partition coefficient (Wildman–Crippen LogP) is 5.77. The van der Waals surface area contributed by atoms with Crippen LogP contribution in [0.25, 0.3) is 33.2 Å². The topological polar surface area (TPSA) is 26.0 Å². The number of fused-ring (bicyclic) bond motifs is 3. The monoisotopic (exact) mass is 291 g/mol. The van der Waals surface area contributed by atoms with Crippen LogP contribution in [0.1, 0.15) is 30.7 Å². The van der Waals surface area contributed by atoms with E-state index < -0.39 is 12.7 Å². The highest BCUT2D eigenvalue weighted by Crippen LogP contribution is 2.35. The lowest BCUT2D eigenvalue weighted by Crippen LogP contribution is -1.88. The van der Waals surface area contributed by atoms with Crippen LogP contribution in [0, 0.1) is 0 Å². The zero-order valence-corrected chi connectivity index (χ0v) is 12.1. The first-order valence-corrected chi connectivity index (χ1v) is 7.16. The van der Waals surface area contributed by atoms with Gasteiger partial charge in [-0.25, -0.2) is 4.98 Å². The molecule has 0 fully saturated rings. The molecule has 0 bridgehead atoms. The first-order chi connectivity index (χ1) is 12.3. The van der Waals surface area contributed by atoms with Crippen molar-refractivity contribution in [1.29, 1.82) is 0 Å². The van der Waals surface area contributed by atoms with Gasteiger partial charge in [-0.15, -0.1) is 0 Å². The second-order valence-corrected chi connectivity index (χ2v) is 5.35. The number of pyridine rings is 1. The standard InChI is InChI=1S/C20H17NO/c1-13(2)14-6-3-7-15(12-14)16-8-4-9-17-18-10-5-11-21-20(18)22-19(16)17/h3-13H,1-2H3/i1D3,13D. The maximum Gasteiger partial charge on any atom is 0.227 e. The quantitative estimate of drug-likeness (QED) is 0.468. The van der Waals surface area contributed by atoms with Crippen LogP contribution in [0.5, 0.6) is 0 Å². The molecule has 0 spiro atoms. The molecule has 0 radical (unpaired) electrons. The number of para-hydroxylation sites is 1. The fourth-order valence-electron chi connectivity index (χ4n) is 2.78. The molecule has 2 heteroatoms. The number of hydrogen-bond donors (Lipinski definition) is 0. The molecule has 2 aromatic carbocycles. The van der Waals surface area contributed by atoms with Crippen LogP contribution in [-0.2, 0) is 0 Å². The Morgan fingerprint density at radius 1 is 1.09 bits per heavy atom. The molecule has 4 aromatic rings. The Hall–Kier alpha value is -2.61. The van der Waals surface area contributed by atoms with E-state index >= 15 is 0 Å². The minimum Gasteiger partial charge on any atom is -0.437 e. The van der Waals surface area contributed by atoms with Gasteiger partial charge >= 0.3 is 0 Å². The van der Waals surface area contributed by atoms with Crippen molar-refractivity contribution in [2.45, 2.75) is 19.7 Å². The molecule has 0 aliphatic rings. The van der Waals surface area contributed by atoms with Gasteiger partial charge in [0.2, 0.25) is 5.71 Å². The van der Waals surface area contributed by atoms with E-state index in [2.05, 4.69) is 4.98 Å². The Morgan fingerprint density at radius 3 is 2.86 bits per heavy atom. The molecule has 1 unspecified atom stereocenters. The van der Waals surface area contributed by atoms with E-state index in [0.717, 1.165) is 21.9 Å². The van der Waals surface area contributed by atoms with Crippen molar-refractivity contribution in [3.63, 3.8) is 0 Å². The molecule has 2 heterocycles. The van der Waals surface area contributed by atoms with Crippen molar-refractivity contribution in [3.05, 3.63) is 66.4 Å². The highest BCUT2D eigenvalue weighted by molar-refractivity contribution is 6.08. The molecule has 4 rings (SSSR count). The van der Waals surface area contributed by atoms with Crippen molar-refractivity contribution in [2.24, 2.45) is 0 Å². The summed E-state index contributed by atoms with van der Waals surface area (Å²) in [6, 6.07) is 16.8. The highest BCUT2D eigenvalue weighted by atomic mass is 16.3. The van der Waals surface area contributed by atoms with E-state index in [1.165, 1.54) is 6.92 Å². The van der Waals surface area contributed by atoms with Gasteiger partial charge in [-0.1, -0.05) is 56.2 Å². The van der Waals surface area contributed by atoms with E-state index in [-0.39, 0.29) is 0 Å². The van der Waals surface area contributed by atoms with Gasteiger partial charge in [-0.2, -0.15) is 0 Å². The molecule has 2 aromatic heterocycles. The SMILES string of the molecule is [2H]C([2H])([2H])C([2H])(C)c1cccc(-c2cccc3c2oc2ncccc23)c1. The van der Waals surface area contributed by atoms with Crippen LogP contribution in [-0.4, -0.2) is 4.98 Å². The van der Waals surface area contributed by atoms with Crippen molar-refractivity contribution >= 4 is 22.1 Å². The molecule has 0 saturated carbocycles. The van der Waals surface area contributed by atoms with Gasteiger partial charge in [0.05, 0.1) is 0 Å². The summed E-state index contributed by atoms with van der Waals surface area (Å²) in [5.41, 5.74) is 3.39. The van der Waals surface area contributed by atoms with E-state index in [9.17, 15) is 0 Å². The second-order valence-electron chi connectivity index (χ2n) is 5.35. The zero-order valence-electron chi connectivity index (χ0n) is 16.1. The fourth-order valence-corrected chi connectivity index (χ4v) is 2.78. The lowest BCUT2D eigenvalue weighted by molar-refractivity contribution is 0.655. The molecule has 2 nitrogen and oxygen atoms in total. The van der Waals surface area contributed by atoms with Gasteiger partial charge in [0.25, 0.3) is 0 Å². The number of hydrogen-bond acceptors (Lipinski definition) is 2. The highest BCUT2D eigenvalue weighted by Gasteiger charge is 2.12. The summed E-state index contributed by atoms with van der Waals surface area (Å²) in [6.07, 6.45) is 1.69. The minimum absolute atomic E-state index is 0.446. The van der Waals surface area contributed by atoms with E-state index in [4.69, 9.17) is 9.90 Å². The summed E-state index contributed by atoms with van der Waals surface area (Å²) in [4.78, 5) is 4.27. The first kappa shape index (κ1) is 9.42. The maximum absolute atomic E-state index is 8.33. The van der Waals surface area contributed by atoms with Gasteiger partial charge in [0.15, 0.2) is 0 Å². The molecular formula is C20H17NO. The minimum atomic E-state index is -2.42. The smallest absolute Gasteiger partial charge is 0.227 e. The molecule has 108 valence electrons. The normalized spacial score (nSPS) is 17.5. The van der Waals surface area contributed by atoms with Crippen molar-refractivity contribution in [2.75, 3.05) is 0 Å². The molecule has 0 saturated heterocycles. The Balaban J connectivity index is 1.93. The third kappa shape index (κ3) is 2.00. The second kappa shape index (κ2) is 4.99. The van der Waals surface area contributed by atoms with Crippen LogP contribution >= 0.6 is 0 Å². The Kier molecular flexibility index (Phi) is 2.13. The number of rotatable bonds is 2. The molecule has 0 aliphatic carbocycles. The van der Waals surface area contributed by atoms with Gasteiger partial charge in [0.1, 0.15) is 5.58 Å². The molecule has 0 aliphatic heterocycles. The van der Waals surface area contributed by atoms with Crippen LogP contribution in [0.15, 0.2) is 65.2 Å². The lowest BCUT2D eigenvalue weighted by atomic mass is 9.96. The van der Waals surface area contributed by atoms with E-state index in [1.54, 1.807) is 24.4 Å². The van der Waals surface area contributed by atoms with Crippen LogP contribution in [0.4, 0.5) is 0 Å². The van der Waals surface area contributed by atoms with Gasteiger partial charge in [-0.05, 0) is 29.2 Å². The lowest BCUT2D eigenvalue weighted by Gasteiger charge is -2.08. The molecule has 1 atom stereocenters. The third-order valence-corrected chi connectivity index (χ3v) is 3.88. The van der Waals surface area contributed by atoms with Crippen molar-refractivity contribution < 1.29 is 9.90 Å². The Labute approximate surface area is 135 Å². The van der Waals surface area contributed by atoms with E-state index in [0.29, 0.717) is 16.9 Å². The number of nitrogens with zero attached hydrogens (tertiary/aromatic N) is 1. The molecular weight excluding hydrogens is 270 g/mol. The average molecular weight is 291 g/mol. The molecule has 0 amide bonds. The summed E-state index contributed by atoms with van der Waals surface area (Å²) >= 11 is 0. The summed E-state index contributed by atoms with van der Waals surface area (Å²) in [5.74, 6) is -1.69.